The molecule has 0 aliphatic rings. The number of carboxylic acids is 2. The van der Waals surface area contributed by atoms with Gasteiger partial charge < -0.3 is 0 Å². The Labute approximate surface area is 66.7 Å². The van der Waals surface area contributed by atoms with Crippen molar-refractivity contribution in [2.45, 2.75) is 17.5 Å². The molecule has 0 heterocycles. The van der Waals surface area contributed by atoms with Gasteiger partial charge in [-0.1, -0.05) is 0 Å². The molecule has 2 unspecified atom stereocenters. The second-order valence-electron chi connectivity index (χ2n) is 1.88. The standard InChI is InChI=1S/C5H9AsO4/c6-3(5(9)10)1-2-4(7)8/h3H,1-2,6H2,(H,7,8)(H,9,10). The molecule has 0 aromatic carbocycles. The summed E-state index contributed by atoms with van der Waals surface area (Å²) in [6, 6.07) is 0. The molecule has 0 aromatic heterocycles. The summed E-state index contributed by atoms with van der Waals surface area (Å²) in [5, 5.41) is 16.5. The predicted octanol–water partition coefficient (Wildman–Crippen LogP) is -0.643. The van der Waals surface area contributed by atoms with E-state index in [1.54, 1.807) is 0 Å². The summed E-state index contributed by atoms with van der Waals surface area (Å²) in [5.41, 5.74) is 0. The van der Waals surface area contributed by atoms with Crippen LogP contribution in [-0.2, 0) is 9.59 Å². The molecular weight excluding hydrogens is 199 g/mol. The van der Waals surface area contributed by atoms with Crippen LogP contribution in [0.5, 0.6) is 0 Å². The fourth-order valence-corrected chi connectivity index (χ4v) is 0.752. The van der Waals surface area contributed by atoms with Crippen LogP contribution >= 0.6 is 0 Å². The van der Waals surface area contributed by atoms with Gasteiger partial charge in [-0.25, -0.2) is 0 Å². The zero-order valence-corrected chi connectivity index (χ0v) is 7.70. The van der Waals surface area contributed by atoms with Gasteiger partial charge in [0.05, 0.1) is 0 Å². The van der Waals surface area contributed by atoms with Crippen molar-refractivity contribution in [1.82, 2.24) is 0 Å². The van der Waals surface area contributed by atoms with E-state index in [1.165, 1.54) is 0 Å². The molecule has 0 bridgehead atoms. The third-order valence-electron chi connectivity index (χ3n) is 0.986. The van der Waals surface area contributed by atoms with E-state index < -0.39 is 16.6 Å². The van der Waals surface area contributed by atoms with E-state index in [-0.39, 0.29) is 12.8 Å². The van der Waals surface area contributed by atoms with E-state index in [2.05, 4.69) is 0 Å². The molecular formula is C5H9AsO4. The number of carboxylic acid groups (broad SMARTS) is 2. The SMILES string of the molecule is O=C(O)CCC([AsH2])C(=O)O. The maximum atomic E-state index is 10.1. The van der Waals surface area contributed by atoms with E-state index in [0.717, 1.165) is 16.9 Å². The molecule has 4 nitrogen and oxygen atoms in total. The first-order chi connectivity index (χ1) is 4.54. The molecule has 2 atom stereocenters. The summed E-state index contributed by atoms with van der Waals surface area (Å²) in [4.78, 5) is 20.1. The Hall–Kier alpha value is -0.502. The van der Waals surface area contributed by atoms with Gasteiger partial charge in [0, 0.05) is 0 Å². The Balaban J connectivity index is 3.49. The second kappa shape index (κ2) is 4.34. The average molecular weight is 208 g/mol. The first-order valence-electron chi connectivity index (χ1n) is 2.74. The monoisotopic (exact) mass is 208 g/mol. The Morgan fingerprint density at radius 3 is 2.20 bits per heavy atom. The first kappa shape index (κ1) is 9.50. The van der Waals surface area contributed by atoms with Gasteiger partial charge in [0.2, 0.25) is 0 Å². The van der Waals surface area contributed by atoms with Crippen molar-refractivity contribution in [3.63, 3.8) is 0 Å². The van der Waals surface area contributed by atoms with Crippen LogP contribution in [0, 0.1) is 0 Å². The van der Waals surface area contributed by atoms with Crippen LogP contribution in [0.3, 0.4) is 0 Å². The molecule has 0 fully saturated rings. The normalized spacial score (nSPS) is 12.5. The number of hydrogen-bond acceptors (Lipinski definition) is 2. The van der Waals surface area contributed by atoms with Gasteiger partial charge in [0.15, 0.2) is 0 Å². The summed E-state index contributed by atoms with van der Waals surface area (Å²) in [7, 11) is 0. The summed E-state index contributed by atoms with van der Waals surface area (Å²) < 4.78 is -0.497. The van der Waals surface area contributed by atoms with Gasteiger partial charge in [0.25, 0.3) is 0 Å². The van der Waals surface area contributed by atoms with Crippen molar-refractivity contribution in [2.75, 3.05) is 0 Å². The van der Waals surface area contributed by atoms with Crippen molar-refractivity contribution < 1.29 is 19.8 Å². The number of carbonyl (C=O) groups is 2. The molecule has 0 amide bonds. The number of aliphatic carboxylic acids is 2. The van der Waals surface area contributed by atoms with Gasteiger partial charge >= 0.3 is 66.1 Å². The third kappa shape index (κ3) is 4.38. The fourth-order valence-electron chi connectivity index (χ4n) is 0.402. The Bertz CT molecular complexity index is 145. The van der Waals surface area contributed by atoms with E-state index >= 15 is 0 Å². The van der Waals surface area contributed by atoms with Crippen molar-refractivity contribution in [1.29, 1.82) is 0 Å². The number of hydrogen-bond donors (Lipinski definition) is 2. The Kier molecular flexibility index (Phi) is 4.12. The van der Waals surface area contributed by atoms with Crippen LogP contribution in [0.4, 0.5) is 0 Å². The van der Waals surface area contributed by atoms with Gasteiger partial charge in [0.1, 0.15) is 0 Å². The van der Waals surface area contributed by atoms with Crippen LogP contribution < -0.4 is 0 Å². The van der Waals surface area contributed by atoms with Crippen molar-refractivity contribution in [3.8, 4) is 0 Å². The van der Waals surface area contributed by atoms with Crippen molar-refractivity contribution in [3.05, 3.63) is 0 Å². The van der Waals surface area contributed by atoms with E-state index in [1.807, 2.05) is 0 Å². The molecule has 0 radical (unpaired) electrons. The summed E-state index contributed by atoms with van der Waals surface area (Å²) in [6.45, 7) is 0. The van der Waals surface area contributed by atoms with Crippen LogP contribution in [0.25, 0.3) is 0 Å². The molecule has 0 aliphatic carbocycles. The minimum absolute atomic E-state index is 0.0603. The topological polar surface area (TPSA) is 74.6 Å². The zero-order valence-electron chi connectivity index (χ0n) is 5.28. The molecule has 0 saturated carbocycles. The molecule has 0 saturated heterocycles. The molecule has 2 N–H and O–H groups in total. The summed E-state index contributed by atoms with van der Waals surface area (Å²) in [5.74, 6) is -1.86. The molecule has 0 spiro atoms. The molecule has 10 heavy (non-hydrogen) atoms. The Morgan fingerprint density at radius 1 is 1.40 bits per heavy atom. The van der Waals surface area contributed by atoms with Crippen LogP contribution in [0.1, 0.15) is 12.8 Å². The quantitative estimate of drug-likeness (QED) is 0.602. The van der Waals surface area contributed by atoms with E-state index in [9.17, 15) is 9.59 Å². The van der Waals surface area contributed by atoms with Crippen molar-refractivity contribution >= 4 is 28.8 Å². The van der Waals surface area contributed by atoms with Crippen LogP contribution in [0.15, 0.2) is 0 Å². The molecule has 0 aliphatic heterocycles. The molecule has 0 aromatic rings. The van der Waals surface area contributed by atoms with Crippen LogP contribution in [0.2, 0.25) is 4.71 Å². The van der Waals surface area contributed by atoms with E-state index in [4.69, 9.17) is 10.2 Å². The number of rotatable bonds is 4. The van der Waals surface area contributed by atoms with E-state index in [0.29, 0.717) is 0 Å². The zero-order chi connectivity index (χ0) is 8.15. The average Bonchev–Trinajstić information content (AvgIpc) is 1.82. The minimum atomic E-state index is -0.941. The predicted molar refractivity (Wildman–Crippen MR) is 36.8 cm³/mol. The third-order valence-corrected chi connectivity index (χ3v) is 2.28. The van der Waals surface area contributed by atoms with Gasteiger partial charge in [-0.2, -0.15) is 0 Å². The summed E-state index contributed by atoms with van der Waals surface area (Å²) in [6.07, 6.45) is 0.167. The fraction of sp³-hybridized carbons (Fsp3) is 0.600. The Morgan fingerprint density at radius 2 is 1.90 bits per heavy atom. The first-order valence-corrected chi connectivity index (χ1v) is 4.14. The molecule has 58 valence electrons. The summed E-state index contributed by atoms with van der Waals surface area (Å²) >= 11 is 1.05. The maximum absolute atomic E-state index is 10.1. The second-order valence-corrected chi connectivity index (χ2v) is 3.57. The molecule has 0 rings (SSSR count). The van der Waals surface area contributed by atoms with Crippen LogP contribution in [-0.4, -0.2) is 39.0 Å². The molecule has 5 heteroatoms. The van der Waals surface area contributed by atoms with Gasteiger partial charge in [-0.05, 0) is 0 Å². The van der Waals surface area contributed by atoms with Gasteiger partial charge in [-0.3, -0.25) is 0 Å². The van der Waals surface area contributed by atoms with Crippen molar-refractivity contribution in [2.24, 2.45) is 0 Å². The van der Waals surface area contributed by atoms with Gasteiger partial charge in [-0.15, -0.1) is 0 Å².